The highest BCUT2D eigenvalue weighted by molar-refractivity contribution is 6.30. The van der Waals surface area contributed by atoms with Crippen molar-refractivity contribution in [1.29, 1.82) is 0 Å². The van der Waals surface area contributed by atoms with Gasteiger partial charge in [-0.25, -0.2) is 4.79 Å². The van der Waals surface area contributed by atoms with E-state index < -0.39 is 18.1 Å². The van der Waals surface area contributed by atoms with E-state index in [1.54, 1.807) is 36.2 Å². The number of benzene rings is 2. The van der Waals surface area contributed by atoms with Gasteiger partial charge in [-0.1, -0.05) is 41.9 Å². The zero-order valence-corrected chi connectivity index (χ0v) is 12.2. The second-order valence-electron chi connectivity index (χ2n) is 4.73. The third kappa shape index (κ3) is 3.54. The molecule has 0 heterocycles. The molecule has 0 spiro atoms. The van der Waals surface area contributed by atoms with Crippen molar-refractivity contribution >= 4 is 23.3 Å². The summed E-state index contributed by atoms with van der Waals surface area (Å²) in [6, 6.07) is 15.4. The zero-order chi connectivity index (χ0) is 15.4. The highest BCUT2D eigenvalue weighted by atomic mass is 35.5. The minimum absolute atomic E-state index is 0.497. The lowest BCUT2D eigenvalue weighted by atomic mass is 9.99. The lowest BCUT2D eigenvalue weighted by Gasteiger charge is -2.32. The topological polar surface area (TPSA) is 60.8 Å². The quantitative estimate of drug-likeness (QED) is 0.891. The molecular weight excluding hydrogens is 290 g/mol. The Hall–Kier alpha value is -2.04. The summed E-state index contributed by atoms with van der Waals surface area (Å²) in [5.74, 6) is -1.28. The van der Waals surface area contributed by atoms with E-state index in [-0.39, 0.29) is 0 Å². The van der Waals surface area contributed by atoms with Gasteiger partial charge in [-0.15, -0.1) is 0 Å². The average Bonchev–Trinajstić information content (AvgIpc) is 2.48. The Morgan fingerprint density at radius 2 is 1.81 bits per heavy atom. The van der Waals surface area contributed by atoms with Crippen LogP contribution in [0.2, 0.25) is 5.02 Å². The van der Waals surface area contributed by atoms with Crippen LogP contribution < -0.4 is 4.90 Å². The number of hydrogen-bond acceptors (Lipinski definition) is 3. The summed E-state index contributed by atoms with van der Waals surface area (Å²) in [5.41, 5.74) is 1.45. The number of nitrogens with zero attached hydrogens (tertiary/aromatic N) is 1. The van der Waals surface area contributed by atoms with Crippen molar-refractivity contribution in [3.8, 4) is 0 Å². The number of hydrogen-bond donors (Lipinski definition) is 2. The number of aliphatic hydroxyl groups excluding tert-OH is 1. The highest BCUT2D eigenvalue weighted by Gasteiger charge is 2.31. The van der Waals surface area contributed by atoms with Crippen molar-refractivity contribution in [2.75, 3.05) is 11.9 Å². The number of aliphatic hydroxyl groups is 1. The minimum atomic E-state index is -1.56. The second-order valence-corrected chi connectivity index (χ2v) is 5.17. The Morgan fingerprint density at radius 3 is 2.38 bits per heavy atom. The summed E-state index contributed by atoms with van der Waals surface area (Å²) in [6.45, 7) is 0. The predicted molar refractivity (Wildman–Crippen MR) is 82.7 cm³/mol. The Kier molecular flexibility index (Phi) is 4.83. The molecule has 2 N–H and O–H groups in total. The first-order chi connectivity index (χ1) is 10.0. The van der Waals surface area contributed by atoms with Crippen LogP contribution in [-0.4, -0.2) is 29.3 Å². The molecule has 0 aliphatic carbocycles. The van der Waals surface area contributed by atoms with Crippen LogP contribution in [0.1, 0.15) is 11.6 Å². The summed E-state index contributed by atoms with van der Waals surface area (Å²) < 4.78 is 0. The van der Waals surface area contributed by atoms with Crippen LogP contribution in [0.5, 0.6) is 0 Å². The van der Waals surface area contributed by atoms with E-state index >= 15 is 0 Å². The van der Waals surface area contributed by atoms with Crippen LogP contribution in [0, 0.1) is 0 Å². The first kappa shape index (κ1) is 15.4. The number of carboxylic acid groups (broad SMARTS) is 1. The molecule has 2 aromatic rings. The lowest BCUT2D eigenvalue weighted by molar-refractivity contribution is -0.147. The van der Waals surface area contributed by atoms with Crippen LogP contribution in [0.25, 0.3) is 0 Å². The van der Waals surface area contributed by atoms with E-state index in [2.05, 4.69) is 0 Å². The third-order valence-electron chi connectivity index (χ3n) is 3.32. The molecule has 4 nitrogen and oxygen atoms in total. The van der Waals surface area contributed by atoms with Crippen LogP contribution in [0.3, 0.4) is 0 Å². The van der Waals surface area contributed by atoms with Gasteiger partial charge in [0.1, 0.15) is 0 Å². The Bertz CT molecular complexity index is 618. The molecule has 0 aliphatic rings. The molecule has 0 saturated carbocycles. The predicted octanol–water partition coefficient (Wildman–Crippen LogP) is 2.96. The van der Waals surface area contributed by atoms with Crippen molar-refractivity contribution in [2.24, 2.45) is 0 Å². The molecule has 0 amide bonds. The third-order valence-corrected chi connectivity index (χ3v) is 3.56. The van der Waals surface area contributed by atoms with Crippen LogP contribution in [0.15, 0.2) is 54.6 Å². The van der Waals surface area contributed by atoms with E-state index in [9.17, 15) is 9.90 Å². The van der Waals surface area contributed by atoms with Gasteiger partial charge in [-0.05, 0) is 29.8 Å². The minimum Gasteiger partial charge on any atom is -0.479 e. The fraction of sp³-hybridized carbons (Fsp3) is 0.188. The summed E-state index contributed by atoms with van der Waals surface area (Å²) in [7, 11) is 1.74. The molecular formula is C16H16ClNO3. The fourth-order valence-corrected chi connectivity index (χ4v) is 2.47. The molecule has 2 aromatic carbocycles. The lowest BCUT2D eigenvalue weighted by Crippen LogP contribution is -2.38. The van der Waals surface area contributed by atoms with E-state index in [0.717, 1.165) is 5.69 Å². The van der Waals surface area contributed by atoms with Gasteiger partial charge in [0.25, 0.3) is 0 Å². The number of rotatable bonds is 5. The molecule has 0 saturated heterocycles. The number of para-hydroxylation sites is 1. The SMILES string of the molecule is CN(c1ccccc1)C(c1cccc(Cl)c1)C(O)C(=O)O. The first-order valence-corrected chi connectivity index (χ1v) is 6.82. The largest absolute Gasteiger partial charge is 0.479 e. The van der Waals surface area contributed by atoms with E-state index in [4.69, 9.17) is 16.7 Å². The van der Waals surface area contributed by atoms with Crippen LogP contribution in [-0.2, 0) is 4.79 Å². The highest BCUT2D eigenvalue weighted by Crippen LogP contribution is 2.30. The molecule has 0 radical (unpaired) electrons. The van der Waals surface area contributed by atoms with Crippen molar-refractivity contribution in [3.63, 3.8) is 0 Å². The number of anilines is 1. The molecule has 0 aliphatic heterocycles. The fourth-order valence-electron chi connectivity index (χ4n) is 2.27. The molecule has 5 heteroatoms. The standard InChI is InChI=1S/C16H16ClNO3/c1-18(13-8-3-2-4-9-13)14(15(19)16(20)21)11-6-5-7-12(17)10-11/h2-10,14-15,19H,1H3,(H,20,21). The van der Waals surface area contributed by atoms with Gasteiger partial charge in [0.15, 0.2) is 6.10 Å². The molecule has 0 fully saturated rings. The van der Waals surface area contributed by atoms with Gasteiger partial charge in [0.05, 0.1) is 6.04 Å². The maximum absolute atomic E-state index is 11.2. The normalized spacial score (nSPS) is 13.5. The summed E-state index contributed by atoms with van der Waals surface area (Å²) >= 11 is 5.98. The summed E-state index contributed by atoms with van der Waals surface area (Å²) in [6.07, 6.45) is -1.56. The van der Waals surface area contributed by atoms with Gasteiger partial charge in [-0.3, -0.25) is 0 Å². The molecule has 2 unspecified atom stereocenters. The Labute approximate surface area is 128 Å². The van der Waals surface area contributed by atoms with Crippen molar-refractivity contribution in [3.05, 3.63) is 65.2 Å². The average molecular weight is 306 g/mol. The van der Waals surface area contributed by atoms with Gasteiger partial charge < -0.3 is 15.1 Å². The number of aliphatic carboxylic acids is 1. The van der Waals surface area contributed by atoms with E-state index in [1.165, 1.54) is 0 Å². The Balaban J connectivity index is 2.44. The van der Waals surface area contributed by atoms with Gasteiger partial charge in [0.2, 0.25) is 0 Å². The van der Waals surface area contributed by atoms with E-state index in [1.807, 2.05) is 30.3 Å². The summed E-state index contributed by atoms with van der Waals surface area (Å²) in [5, 5.41) is 19.7. The van der Waals surface area contributed by atoms with Crippen LogP contribution >= 0.6 is 11.6 Å². The van der Waals surface area contributed by atoms with Crippen molar-refractivity contribution in [2.45, 2.75) is 12.1 Å². The molecule has 110 valence electrons. The van der Waals surface area contributed by atoms with E-state index in [0.29, 0.717) is 10.6 Å². The van der Waals surface area contributed by atoms with Crippen LogP contribution in [0.4, 0.5) is 5.69 Å². The maximum atomic E-state index is 11.2. The van der Waals surface area contributed by atoms with Crippen molar-refractivity contribution < 1.29 is 15.0 Å². The zero-order valence-electron chi connectivity index (χ0n) is 11.5. The monoisotopic (exact) mass is 305 g/mol. The smallest absolute Gasteiger partial charge is 0.335 e. The molecule has 21 heavy (non-hydrogen) atoms. The van der Waals surface area contributed by atoms with Gasteiger partial charge in [-0.2, -0.15) is 0 Å². The first-order valence-electron chi connectivity index (χ1n) is 6.45. The molecule has 2 rings (SSSR count). The number of carbonyl (C=O) groups is 1. The second kappa shape index (κ2) is 6.61. The van der Waals surface area contributed by atoms with Gasteiger partial charge >= 0.3 is 5.97 Å². The molecule has 0 aromatic heterocycles. The van der Waals surface area contributed by atoms with Crippen molar-refractivity contribution in [1.82, 2.24) is 0 Å². The maximum Gasteiger partial charge on any atom is 0.335 e. The van der Waals surface area contributed by atoms with Gasteiger partial charge in [0, 0.05) is 17.8 Å². The molecule has 2 atom stereocenters. The Morgan fingerprint density at radius 1 is 1.14 bits per heavy atom. The number of carboxylic acids is 1. The number of likely N-dealkylation sites (N-methyl/N-ethyl adjacent to an activating group) is 1. The number of halogens is 1. The molecule has 0 bridgehead atoms. The summed E-state index contributed by atoms with van der Waals surface area (Å²) in [4.78, 5) is 13.0.